The lowest BCUT2D eigenvalue weighted by Crippen LogP contribution is -2.38. The maximum atomic E-state index is 12.5. The number of aromatic amines is 1. The number of nitrogens with zero attached hydrogens (tertiary/aromatic N) is 2. The highest BCUT2D eigenvalue weighted by Crippen LogP contribution is 2.20. The molecule has 27 heavy (non-hydrogen) atoms. The molecule has 3 heterocycles. The van der Waals surface area contributed by atoms with Gasteiger partial charge in [-0.25, -0.2) is 4.98 Å². The molecule has 1 amide bonds. The third kappa shape index (κ3) is 5.45. The topological polar surface area (TPSA) is 61.0 Å². The summed E-state index contributed by atoms with van der Waals surface area (Å²) in [5.41, 5.74) is 2.40. The molecule has 0 spiro atoms. The number of nitrogens with one attached hydrogen (secondary N) is 2. The van der Waals surface area contributed by atoms with Crippen LogP contribution in [0.4, 0.5) is 11.5 Å². The highest BCUT2D eigenvalue weighted by Gasteiger charge is 2.19. The second kappa shape index (κ2) is 10.7. The Balaban J connectivity index is 0.00000121. The van der Waals surface area contributed by atoms with Crippen LogP contribution in [0, 0.1) is 0 Å². The zero-order chi connectivity index (χ0) is 16.4. The summed E-state index contributed by atoms with van der Waals surface area (Å²) < 4.78 is 0. The average molecular weight is 448 g/mol. The smallest absolute Gasteiger partial charge is 0.270 e. The standard InChI is InChI=1S/C18H18N4OS.3ClH/c23-18(22-7-9-24-10-8-22)16-11-14(12-19-16)20-17-6-5-13-3-1-2-4-15(13)21-17;;;/h1-6,11-12,19H,7-10H2,(H,20,21);3*1H. The number of pyridine rings is 1. The van der Waals surface area contributed by atoms with Crippen LogP contribution in [0.15, 0.2) is 48.7 Å². The van der Waals surface area contributed by atoms with E-state index in [1.54, 1.807) is 0 Å². The largest absolute Gasteiger partial charge is 0.355 e. The summed E-state index contributed by atoms with van der Waals surface area (Å²) in [6.45, 7) is 1.63. The number of carbonyl (C=O) groups is 1. The van der Waals surface area contributed by atoms with E-state index < -0.39 is 0 Å². The zero-order valence-corrected chi connectivity index (χ0v) is 17.6. The van der Waals surface area contributed by atoms with Crippen molar-refractivity contribution in [1.29, 1.82) is 0 Å². The summed E-state index contributed by atoms with van der Waals surface area (Å²) in [6.07, 6.45) is 1.81. The van der Waals surface area contributed by atoms with Crippen LogP contribution in [-0.2, 0) is 0 Å². The number of benzene rings is 1. The van der Waals surface area contributed by atoms with Crippen LogP contribution in [-0.4, -0.2) is 45.4 Å². The Hall–Kier alpha value is -1.60. The molecule has 0 aliphatic carbocycles. The number of para-hydroxylation sites is 1. The minimum Gasteiger partial charge on any atom is -0.355 e. The van der Waals surface area contributed by atoms with Crippen molar-refractivity contribution in [2.75, 3.05) is 29.9 Å². The van der Waals surface area contributed by atoms with Gasteiger partial charge in [0.25, 0.3) is 5.91 Å². The number of aromatic nitrogens is 2. The van der Waals surface area contributed by atoms with Crippen molar-refractivity contribution < 1.29 is 4.79 Å². The van der Waals surface area contributed by atoms with Gasteiger partial charge in [-0.15, -0.1) is 37.2 Å². The SMILES string of the molecule is Cl.Cl.Cl.O=C(c1cc(Nc2ccc3ccccc3n2)c[nH]1)N1CCSCC1. The minimum atomic E-state index is 0. The number of anilines is 2. The van der Waals surface area contributed by atoms with Crippen molar-refractivity contribution in [2.45, 2.75) is 0 Å². The molecule has 0 bridgehead atoms. The molecule has 0 saturated carbocycles. The van der Waals surface area contributed by atoms with Crippen molar-refractivity contribution >= 4 is 77.3 Å². The van der Waals surface area contributed by atoms with E-state index in [4.69, 9.17) is 0 Å². The minimum absolute atomic E-state index is 0. The summed E-state index contributed by atoms with van der Waals surface area (Å²) in [6, 6.07) is 13.8. The first kappa shape index (κ1) is 23.4. The zero-order valence-electron chi connectivity index (χ0n) is 14.4. The molecular weight excluding hydrogens is 427 g/mol. The van der Waals surface area contributed by atoms with Gasteiger partial charge in [0, 0.05) is 36.2 Å². The summed E-state index contributed by atoms with van der Waals surface area (Å²) >= 11 is 1.89. The molecule has 1 aliphatic heterocycles. The molecule has 1 aliphatic rings. The van der Waals surface area contributed by atoms with E-state index in [2.05, 4.69) is 15.3 Å². The second-order valence-electron chi connectivity index (χ2n) is 5.72. The van der Waals surface area contributed by atoms with Crippen molar-refractivity contribution in [1.82, 2.24) is 14.9 Å². The average Bonchev–Trinajstić information content (AvgIpc) is 3.10. The molecule has 1 saturated heterocycles. The van der Waals surface area contributed by atoms with E-state index in [-0.39, 0.29) is 43.1 Å². The molecule has 146 valence electrons. The predicted molar refractivity (Wildman–Crippen MR) is 121 cm³/mol. The van der Waals surface area contributed by atoms with E-state index in [0.717, 1.165) is 47.0 Å². The Bertz CT molecular complexity index is 884. The van der Waals surface area contributed by atoms with Crippen LogP contribution < -0.4 is 5.32 Å². The summed E-state index contributed by atoms with van der Waals surface area (Å²) in [5.74, 6) is 2.85. The fourth-order valence-corrected chi connectivity index (χ4v) is 3.71. The van der Waals surface area contributed by atoms with Gasteiger partial charge >= 0.3 is 0 Å². The van der Waals surface area contributed by atoms with Gasteiger partial charge in [0.2, 0.25) is 0 Å². The van der Waals surface area contributed by atoms with Crippen LogP contribution in [0.1, 0.15) is 10.5 Å². The Labute approximate surface area is 180 Å². The first-order valence-corrected chi connectivity index (χ1v) is 9.13. The molecule has 3 aromatic rings. The highest BCUT2D eigenvalue weighted by atomic mass is 35.5. The van der Waals surface area contributed by atoms with Gasteiger partial charge in [0.1, 0.15) is 11.5 Å². The molecule has 2 aromatic heterocycles. The predicted octanol–water partition coefficient (Wildman–Crippen LogP) is 4.76. The lowest BCUT2D eigenvalue weighted by atomic mass is 10.2. The Kier molecular flexibility index (Phi) is 9.26. The fraction of sp³-hybridized carbons (Fsp3) is 0.222. The van der Waals surface area contributed by atoms with Gasteiger partial charge in [0.05, 0.1) is 11.2 Å². The number of fused-ring (bicyclic) bond motifs is 1. The first-order chi connectivity index (χ1) is 11.8. The molecular formula is C18H21Cl3N4OS. The molecule has 5 nitrogen and oxygen atoms in total. The van der Waals surface area contributed by atoms with E-state index in [1.807, 2.05) is 65.3 Å². The first-order valence-electron chi connectivity index (χ1n) is 7.98. The highest BCUT2D eigenvalue weighted by molar-refractivity contribution is 7.99. The lowest BCUT2D eigenvalue weighted by Gasteiger charge is -2.25. The van der Waals surface area contributed by atoms with E-state index in [1.165, 1.54) is 0 Å². The third-order valence-corrected chi connectivity index (χ3v) is 5.03. The van der Waals surface area contributed by atoms with Gasteiger partial charge in [-0.3, -0.25) is 4.79 Å². The van der Waals surface area contributed by atoms with Crippen molar-refractivity contribution in [3.8, 4) is 0 Å². The van der Waals surface area contributed by atoms with E-state index >= 15 is 0 Å². The van der Waals surface area contributed by atoms with E-state index in [0.29, 0.717) is 5.69 Å². The molecule has 9 heteroatoms. The maximum absolute atomic E-state index is 12.5. The number of hydrogen-bond acceptors (Lipinski definition) is 4. The monoisotopic (exact) mass is 446 g/mol. The van der Waals surface area contributed by atoms with Gasteiger partial charge in [0.15, 0.2) is 0 Å². The van der Waals surface area contributed by atoms with Gasteiger partial charge in [-0.1, -0.05) is 18.2 Å². The molecule has 4 rings (SSSR count). The fourth-order valence-electron chi connectivity index (χ4n) is 2.81. The number of rotatable bonds is 3. The van der Waals surface area contributed by atoms with Gasteiger partial charge in [-0.05, 0) is 24.3 Å². The molecule has 0 radical (unpaired) electrons. The molecule has 2 N–H and O–H groups in total. The number of hydrogen-bond donors (Lipinski definition) is 2. The normalized spacial score (nSPS) is 13.1. The summed E-state index contributed by atoms with van der Waals surface area (Å²) in [7, 11) is 0. The molecule has 0 unspecified atom stereocenters. The third-order valence-electron chi connectivity index (χ3n) is 4.08. The van der Waals surface area contributed by atoms with Crippen LogP contribution in [0.2, 0.25) is 0 Å². The lowest BCUT2D eigenvalue weighted by molar-refractivity contribution is 0.0767. The van der Waals surface area contributed by atoms with Crippen LogP contribution in [0.3, 0.4) is 0 Å². The van der Waals surface area contributed by atoms with Crippen molar-refractivity contribution in [3.05, 3.63) is 54.4 Å². The number of carbonyl (C=O) groups excluding carboxylic acids is 1. The number of thioether (sulfide) groups is 1. The van der Waals surface area contributed by atoms with Crippen molar-refractivity contribution in [2.24, 2.45) is 0 Å². The molecule has 1 aromatic carbocycles. The Morgan fingerprint density at radius 2 is 1.81 bits per heavy atom. The quantitative estimate of drug-likeness (QED) is 0.607. The van der Waals surface area contributed by atoms with Crippen LogP contribution in [0.5, 0.6) is 0 Å². The Morgan fingerprint density at radius 1 is 1.07 bits per heavy atom. The number of H-pyrrole nitrogens is 1. The number of amides is 1. The molecule has 1 fully saturated rings. The molecule has 0 atom stereocenters. The van der Waals surface area contributed by atoms with Gasteiger partial charge in [-0.2, -0.15) is 11.8 Å². The van der Waals surface area contributed by atoms with Crippen LogP contribution >= 0.6 is 49.0 Å². The summed E-state index contributed by atoms with van der Waals surface area (Å²) in [5, 5.41) is 4.36. The van der Waals surface area contributed by atoms with Crippen molar-refractivity contribution in [3.63, 3.8) is 0 Å². The maximum Gasteiger partial charge on any atom is 0.270 e. The summed E-state index contributed by atoms with van der Waals surface area (Å²) in [4.78, 5) is 22.0. The number of halogens is 3. The van der Waals surface area contributed by atoms with Gasteiger partial charge < -0.3 is 15.2 Å². The van der Waals surface area contributed by atoms with Crippen LogP contribution in [0.25, 0.3) is 10.9 Å². The Morgan fingerprint density at radius 3 is 2.59 bits per heavy atom. The van der Waals surface area contributed by atoms with E-state index in [9.17, 15) is 4.79 Å². The second-order valence-corrected chi connectivity index (χ2v) is 6.95.